The van der Waals surface area contributed by atoms with Crippen molar-refractivity contribution in [2.45, 2.75) is 60.3 Å². The largest absolute Gasteiger partial charge is 0.0625 e. The van der Waals surface area contributed by atoms with Crippen molar-refractivity contribution in [1.29, 1.82) is 0 Å². The van der Waals surface area contributed by atoms with E-state index in [2.05, 4.69) is 34.6 Å². The van der Waals surface area contributed by atoms with Gasteiger partial charge in [0.15, 0.2) is 0 Å². The Kier molecular flexibility index (Phi) is 3.43. The Hall–Kier alpha value is 0. The van der Waals surface area contributed by atoms with Crippen molar-refractivity contribution in [3.8, 4) is 0 Å². The molecule has 0 aliphatic heterocycles. The Morgan fingerprint density at radius 2 is 1.31 bits per heavy atom. The molecule has 1 rings (SSSR count). The van der Waals surface area contributed by atoms with E-state index in [1.165, 1.54) is 25.7 Å². The molecule has 0 radical (unpaired) electrons. The number of hydrogen-bond acceptors (Lipinski definition) is 0. The second-order valence-electron chi connectivity index (χ2n) is 5.73. The van der Waals surface area contributed by atoms with E-state index in [1.807, 2.05) is 0 Å². The van der Waals surface area contributed by atoms with E-state index < -0.39 is 0 Å². The monoisotopic (exact) mass is 182 g/mol. The smallest absolute Gasteiger partial charge is 0.0251 e. The van der Waals surface area contributed by atoms with E-state index in [-0.39, 0.29) is 0 Å². The highest BCUT2D eigenvalue weighted by atomic mass is 14.4. The summed E-state index contributed by atoms with van der Waals surface area (Å²) < 4.78 is 0. The van der Waals surface area contributed by atoms with Crippen LogP contribution >= 0.6 is 0 Å². The highest BCUT2D eigenvalue weighted by molar-refractivity contribution is 4.89. The molecule has 1 aliphatic rings. The van der Waals surface area contributed by atoms with Crippen molar-refractivity contribution >= 4 is 0 Å². The van der Waals surface area contributed by atoms with Crippen LogP contribution in [0.3, 0.4) is 0 Å². The van der Waals surface area contributed by atoms with Crippen molar-refractivity contribution in [2.24, 2.45) is 23.2 Å². The highest BCUT2D eigenvalue weighted by Crippen LogP contribution is 2.49. The fourth-order valence-electron chi connectivity index (χ4n) is 3.12. The molecule has 0 bridgehead atoms. The highest BCUT2D eigenvalue weighted by Gasteiger charge is 2.39. The van der Waals surface area contributed by atoms with Crippen LogP contribution in [-0.2, 0) is 0 Å². The lowest BCUT2D eigenvalue weighted by Gasteiger charge is -2.46. The van der Waals surface area contributed by atoms with E-state index in [1.54, 1.807) is 0 Å². The summed E-state index contributed by atoms with van der Waals surface area (Å²) in [5.41, 5.74) is 0.659. The molecule has 0 heterocycles. The van der Waals surface area contributed by atoms with E-state index in [0.717, 1.165) is 17.8 Å². The zero-order valence-electron chi connectivity index (χ0n) is 10.1. The van der Waals surface area contributed by atoms with Crippen molar-refractivity contribution < 1.29 is 0 Å². The summed E-state index contributed by atoms with van der Waals surface area (Å²) in [6.45, 7) is 12.1. The third kappa shape index (κ3) is 2.08. The molecule has 0 aromatic rings. The minimum absolute atomic E-state index is 0.659. The Labute approximate surface area is 84.1 Å². The van der Waals surface area contributed by atoms with Gasteiger partial charge in [0.2, 0.25) is 0 Å². The van der Waals surface area contributed by atoms with Gasteiger partial charge in [0.1, 0.15) is 0 Å². The average molecular weight is 182 g/mol. The molecule has 0 saturated heterocycles. The van der Waals surface area contributed by atoms with E-state index in [9.17, 15) is 0 Å². The molecular formula is C13H26. The molecule has 0 spiro atoms. The van der Waals surface area contributed by atoms with Crippen LogP contribution in [0, 0.1) is 23.2 Å². The standard InChI is InChI=1S/C13H26/c1-10(2)13(11(3)4)8-6-12(5)7-9-13/h10-12H,6-9H2,1-5H3. The quantitative estimate of drug-likeness (QED) is 0.590. The predicted octanol–water partition coefficient (Wildman–Crippen LogP) is 4.49. The first-order valence-electron chi connectivity index (χ1n) is 5.99. The maximum absolute atomic E-state index is 2.41. The van der Waals surface area contributed by atoms with Crippen molar-refractivity contribution in [3.05, 3.63) is 0 Å². The summed E-state index contributed by atoms with van der Waals surface area (Å²) >= 11 is 0. The van der Waals surface area contributed by atoms with Gasteiger partial charge in [-0.2, -0.15) is 0 Å². The van der Waals surface area contributed by atoms with E-state index in [4.69, 9.17) is 0 Å². The molecule has 78 valence electrons. The zero-order valence-corrected chi connectivity index (χ0v) is 10.1. The first-order chi connectivity index (χ1) is 5.99. The predicted molar refractivity (Wildman–Crippen MR) is 59.7 cm³/mol. The van der Waals surface area contributed by atoms with Crippen molar-refractivity contribution in [3.63, 3.8) is 0 Å². The first kappa shape index (κ1) is 11.1. The maximum atomic E-state index is 2.41. The van der Waals surface area contributed by atoms with Crippen LogP contribution in [0.15, 0.2) is 0 Å². The molecule has 0 aromatic carbocycles. The lowest BCUT2D eigenvalue weighted by atomic mass is 9.59. The molecule has 13 heavy (non-hydrogen) atoms. The molecule has 1 saturated carbocycles. The third-order valence-electron chi connectivity index (χ3n) is 4.50. The van der Waals surface area contributed by atoms with Crippen LogP contribution in [0.1, 0.15) is 60.3 Å². The molecule has 0 aromatic heterocycles. The SMILES string of the molecule is CC1CCC(C(C)C)(C(C)C)CC1. The van der Waals surface area contributed by atoms with Gasteiger partial charge in [0, 0.05) is 0 Å². The van der Waals surface area contributed by atoms with Gasteiger partial charge in [-0.25, -0.2) is 0 Å². The summed E-state index contributed by atoms with van der Waals surface area (Å²) in [5.74, 6) is 2.70. The number of rotatable bonds is 2. The topological polar surface area (TPSA) is 0 Å². The molecule has 0 atom stereocenters. The molecule has 0 N–H and O–H groups in total. The number of hydrogen-bond donors (Lipinski definition) is 0. The maximum Gasteiger partial charge on any atom is -0.0251 e. The zero-order chi connectivity index (χ0) is 10.1. The Morgan fingerprint density at radius 1 is 0.923 bits per heavy atom. The third-order valence-corrected chi connectivity index (χ3v) is 4.50. The lowest BCUT2D eigenvalue weighted by molar-refractivity contribution is 0.0421. The summed E-state index contributed by atoms with van der Waals surface area (Å²) in [4.78, 5) is 0. The summed E-state index contributed by atoms with van der Waals surface area (Å²) in [6.07, 6.45) is 5.83. The molecule has 0 unspecified atom stereocenters. The first-order valence-corrected chi connectivity index (χ1v) is 5.99. The molecular weight excluding hydrogens is 156 g/mol. The Bertz CT molecular complexity index is 137. The molecule has 1 fully saturated rings. The second-order valence-corrected chi connectivity index (χ2v) is 5.73. The minimum Gasteiger partial charge on any atom is -0.0625 e. The van der Waals surface area contributed by atoms with E-state index >= 15 is 0 Å². The van der Waals surface area contributed by atoms with Gasteiger partial charge in [0.25, 0.3) is 0 Å². The second kappa shape index (κ2) is 4.02. The van der Waals surface area contributed by atoms with Crippen LogP contribution < -0.4 is 0 Å². The van der Waals surface area contributed by atoms with Gasteiger partial charge in [-0.05, 0) is 36.0 Å². The van der Waals surface area contributed by atoms with Gasteiger partial charge >= 0.3 is 0 Å². The summed E-state index contributed by atoms with van der Waals surface area (Å²) in [5, 5.41) is 0. The van der Waals surface area contributed by atoms with Crippen LogP contribution in [-0.4, -0.2) is 0 Å². The van der Waals surface area contributed by atoms with Crippen molar-refractivity contribution in [2.75, 3.05) is 0 Å². The van der Waals surface area contributed by atoms with Gasteiger partial charge in [-0.3, -0.25) is 0 Å². The van der Waals surface area contributed by atoms with Gasteiger partial charge in [-0.1, -0.05) is 47.5 Å². The normalized spacial score (nSPS) is 24.2. The molecule has 0 amide bonds. The lowest BCUT2D eigenvalue weighted by Crippen LogP contribution is -2.36. The van der Waals surface area contributed by atoms with Crippen molar-refractivity contribution in [1.82, 2.24) is 0 Å². The Morgan fingerprint density at radius 3 is 1.62 bits per heavy atom. The van der Waals surface area contributed by atoms with E-state index in [0.29, 0.717) is 5.41 Å². The average Bonchev–Trinajstić information content (AvgIpc) is 2.04. The van der Waals surface area contributed by atoms with Gasteiger partial charge < -0.3 is 0 Å². The Balaban J connectivity index is 2.69. The van der Waals surface area contributed by atoms with Crippen LogP contribution in [0.5, 0.6) is 0 Å². The fraction of sp³-hybridized carbons (Fsp3) is 1.00. The molecule has 1 aliphatic carbocycles. The van der Waals surface area contributed by atoms with Crippen LogP contribution in [0.25, 0.3) is 0 Å². The van der Waals surface area contributed by atoms with Gasteiger partial charge in [-0.15, -0.1) is 0 Å². The minimum atomic E-state index is 0.659. The van der Waals surface area contributed by atoms with Crippen LogP contribution in [0.2, 0.25) is 0 Å². The molecule has 0 heteroatoms. The van der Waals surface area contributed by atoms with Gasteiger partial charge in [0.05, 0.1) is 0 Å². The summed E-state index contributed by atoms with van der Waals surface area (Å²) in [6, 6.07) is 0. The fourth-order valence-corrected chi connectivity index (χ4v) is 3.12. The van der Waals surface area contributed by atoms with Crippen LogP contribution in [0.4, 0.5) is 0 Å². The summed E-state index contributed by atoms with van der Waals surface area (Å²) in [7, 11) is 0. The molecule has 0 nitrogen and oxygen atoms in total.